The fourth-order valence-corrected chi connectivity index (χ4v) is 1.77. The Morgan fingerprint density at radius 2 is 1.88 bits per heavy atom. The number of esters is 1. The molecule has 0 atom stereocenters. The van der Waals surface area contributed by atoms with Crippen molar-refractivity contribution in [2.75, 3.05) is 14.2 Å². The van der Waals surface area contributed by atoms with Crippen LogP contribution >= 0.6 is 23.2 Å². The van der Waals surface area contributed by atoms with Crippen molar-refractivity contribution >= 4 is 29.2 Å². The summed E-state index contributed by atoms with van der Waals surface area (Å²) in [4.78, 5) is 11.2. The molecule has 0 heterocycles. The number of carbonyl (C=O) groups is 1. The van der Waals surface area contributed by atoms with E-state index in [2.05, 4.69) is 0 Å². The van der Waals surface area contributed by atoms with E-state index in [9.17, 15) is 4.79 Å². The molecule has 0 aliphatic heterocycles. The van der Waals surface area contributed by atoms with E-state index in [0.717, 1.165) is 0 Å². The Morgan fingerprint density at radius 3 is 2.35 bits per heavy atom. The average Bonchev–Trinajstić information content (AvgIpc) is 2.33. The molecule has 0 N–H and O–H groups in total. The van der Waals surface area contributed by atoms with Crippen LogP contribution in [0.15, 0.2) is 6.07 Å². The van der Waals surface area contributed by atoms with Crippen LogP contribution in [-0.4, -0.2) is 20.2 Å². The fraction of sp³-hybridized carbons (Fsp3) is 0.364. The lowest BCUT2D eigenvalue weighted by Gasteiger charge is -2.14. The molecule has 0 saturated heterocycles. The van der Waals surface area contributed by atoms with Crippen molar-refractivity contribution in [3.05, 3.63) is 16.1 Å². The Labute approximate surface area is 109 Å². The van der Waals surface area contributed by atoms with Crippen molar-refractivity contribution in [2.45, 2.75) is 13.3 Å². The van der Waals surface area contributed by atoms with Gasteiger partial charge in [0.25, 0.3) is 0 Å². The lowest BCUT2D eigenvalue weighted by molar-refractivity contribution is -0.134. The first-order valence-electron chi connectivity index (χ1n) is 4.85. The van der Waals surface area contributed by atoms with Gasteiger partial charge in [-0.25, -0.2) is 0 Å². The van der Waals surface area contributed by atoms with E-state index in [4.69, 9.17) is 37.4 Å². The van der Waals surface area contributed by atoms with Crippen molar-refractivity contribution in [3.8, 4) is 17.2 Å². The summed E-state index contributed by atoms with van der Waals surface area (Å²) < 4.78 is 15.1. The van der Waals surface area contributed by atoms with Crippen molar-refractivity contribution in [3.63, 3.8) is 0 Å². The highest BCUT2D eigenvalue weighted by molar-refractivity contribution is 6.38. The molecule has 0 fully saturated rings. The first-order valence-corrected chi connectivity index (χ1v) is 5.61. The van der Waals surface area contributed by atoms with Gasteiger partial charge in [-0.05, 0) is 0 Å². The fourth-order valence-electron chi connectivity index (χ4n) is 1.18. The number of carbonyl (C=O) groups excluding carboxylic acids is 1. The summed E-state index contributed by atoms with van der Waals surface area (Å²) in [5.74, 6) is 0.301. The minimum absolute atomic E-state index is 0.0813. The van der Waals surface area contributed by atoms with Gasteiger partial charge in [0.2, 0.25) is 0 Å². The summed E-state index contributed by atoms with van der Waals surface area (Å²) in [5.41, 5.74) is 0. The number of hydrogen-bond donors (Lipinski definition) is 0. The number of methoxy groups -OCH3 is 2. The Balaban J connectivity index is 3.26. The number of ether oxygens (including phenoxy) is 3. The third-order valence-electron chi connectivity index (χ3n) is 2.03. The van der Waals surface area contributed by atoms with Crippen molar-refractivity contribution < 1.29 is 19.0 Å². The maximum absolute atomic E-state index is 11.2. The van der Waals surface area contributed by atoms with Gasteiger partial charge in [-0.3, -0.25) is 4.79 Å². The molecular weight excluding hydrogens is 267 g/mol. The number of rotatable bonds is 4. The van der Waals surface area contributed by atoms with Gasteiger partial charge in [0, 0.05) is 12.5 Å². The molecule has 0 aromatic heterocycles. The summed E-state index contributed by atoms with van der Waals surface area (Å²) in [6.45, 7) is 1.67. The number of hydrogen-bond acceptors (Lipinski definition) is 4. The van der Waals surface area contributed by atoms with Gasteiger partial charge in [0.1, 0.15) is 5.02 Å². The lowest BCUT2D eigenvalue weighted by Crippen LogP contribution is -2.07. The van der Waals surface area contributed by atoms with Gasteiger partial charge in [-0.15, -0.1) is 0 Å². The van der Waals surface area contributed by atoms with Crippen LogP contribution < -0.4 is 14.2 Å². The van der Waals surface area contributed by atoms with Crippen LogP contribution in [0.1, 0.15) is 13.3 Å². The molecule has 0 amide bonds. The maximum Gasteiger partial charge on any atom is 0.311 e. The second kappa shape index (κ2) is 5.98. The topological polar surface area (TPSA) is 44.8 Å². The lowest BCUT2D eigenvalue weighted by atomic mass is 10.3. The van der Waals surface area contributed by atoms with Crippen LogP contribution in [0.2, 0.25) is 10.0 Å². The Morgan fingerprint density at radius 1 is 1.24 bits per heavy atom. The summed E-state index contributed by atoms with van der Waals surface area (Å²) in [5, 5.41) is 0.299. The highest BCUT2D eigenvalue weighted by atomic mass is 35.5. The van der Waals surface area contributed by atoms with Crippen LogP contribution in [0.5, 0.6) is 17.2 Å². The largest absolute Gasteiger partial charge is 0.493 e. The summed E-state index contributed by atoms with van der Waals surface area (Å²) in [6, 6.07) is 1.48. The predicted molar refractivity (Wildman–Crippen MR) is 65.5 cm³/mol. The Kier molecular flexibility index (Phi) is 4.90. The predicted octanol–water partition coefficient (Wildman–Crippen LogP) is 3.33. The Hall–Kier alpha value is -1.13. The third-order valence-corrected chi connectivity index (χ3v) is 2.65. The molecule has 0 aliphatic rings. The van der Waals surface area contributed by atoms with Crippen LogP contribution in [0.3, 0.4) is 0 Å². The third kappa shape index (κ3) is 2.96. The SMILES string of the molecule is CCC(=O)Oc1c(Cl)cc(OC)c(OC)c1Cl. The highest BCUT2D eigenvalue weighted by Crippen LogP contribution is 2.46. The van der Waals surface area contributed by atoms with Crippen molar-refractivity contribution in [1.29, 1.82) is 0 Å². The minimum Gasteiger partial charge on any atom is -0.493 e. The number of benzene rings is 1. The van der Waals surface area contributed by atoms with Crippen molar-refractivity contribution in [2.24, 2.45) is 0 Å². The first-order chi connectivity index (χ1) is 8.04. The molecule has 0 aliphatic carbocycles. The van der Waals surface area contributed by atoms with Gasteiger partial charge in [-0.1, -0.05) is 30.1 Å². The molecular formula is C11H12Cl2O4. The van der Waals surface area contributed by atoms with Crippen LogP contribution in [0.25, 0.3) is 0 Å². The maximum atomic E-state index is 11.2. The minimum atomic E-state index is -0.430. The normalized spacial score (nSPS) is 9.94. The average molecular weight is 279 g/mol. The van der Waals surface area contributed by atoms with E-state index >= 15 is 0 Å². The second-order valence-electron chi connectivity index (χ2n) is 3.06. The molecule has 0 spiro atoms. The first kappa shape index (κ1) is 13.9. The zero-order chi connectivity index (χ0) is 13.0. The summed E-state index contributed by atoms with van der Waals surface area (Å²) >= 11 is 12.0. The highest BCUT2D eigenvalue weighted by Gasteiger charge is 2.20. The van der Waals surface area contributed by atoms with Crippen LogP contribution in [-0.2, 0) is 4.79 Å². The molecule has 17 heavy (non-hydrogen) atoms. The second-order valence-corrected chi connectivity index (χ2v) is 3.85. The van der Waals surface area contributed by atoms with E-state index in [1.54, 1.807) is 6.92 Å². The molecule has 0 unspecified atom stereocenters. The van der Waals surface area contributed by atoms with Gasteiger partial charge in [0.05, 0.1) is 19.2 Å². The molecule has 94 valence electrons. The van der Waals surface area contributed by atoms with E-state index in [0.29, 0.717) is 5.75 Å². The van der Waals surface area contributed by atoms with Crippen LogP contribution in [0.4, 0.5) is 0 Å². The zero-order valence-electron chi connectivity index (χ0n) is 9.67. The summed E-state index contributed by atoms with van der Waals surface area (Å²) in [7, 11) is 2.89. The zero-order valence-corrected chi connectivity index (χ0v) is 11.2. The van der Waals surface area contributed by atoms with E-state index in [-0.39, 0.29) is 28.0 Å². The van der Waals surface area contributed by atoms with Gasteiger partial charge < -0.3 is 14.2 Å². The molecule has 4 nitrogen and oxygen atoms in total. The van der Waals surface area contributed by atoms with Gasteiger partial charge in [-0.2, -0.15) is 0 Å². The van der Waals surface area contributed by atoms with E-state index < -0.39 is 5.97 Å². The Bertz CT molecular complexity index is 432. The number of halogens is 2. The van der Waals surface area contributed by atoms with Crippen molar-refractivity contribution in [1.82, 2.24) is 0 Å². The summed E-state index contributed by atoms with van der Waals surface area (Å²) in [6.07, 6.45) is 0.223. The van der Waals surface area contributed by atoms with E-state index in [1.165, 1.54) is 20.3 Å². The molecule has 0 radical (unpaired) electrons. The molecule has 0 saturated carbocycles. The van der Waals surface area contributed by atoms with Crippen LogP contribution in [0, 0.1) is 0 Å². The molecule has 0 bridgehead atoms. The molecule has 1 rings (SSSR count). The quantitative estimate of drug-likeness (QED) is 0.626. The standard InChI is InChI=1S/C11H12Cl2O4/c1-4-8(14)17-10-6(12)5-7(15-2)11(16-3)9(10)13/h5H,4H2,1-3H3. The molecule has 1 aromatic rings. The van der Waals surface area contributed by atoms with Gasteiger partial charge in [0.15, 0.2) is 17.2 Å². The monoisotopic (exact) mass is 278 g/mol. The smallest absolute Gasteiger partial charge is 0.311 e. The molecule has 1 aromatic carbocycles. The van der Waals surface area contributed by atoms with E-state index in [1.807, 2.05) is 0 Å². The molecule has 6 heteroatoms. The van der Waals surface area contributed by atoms with Gasteiger partial charge >= 0.3 is 5.97 Å².